The predicted octanol–water partition coefficient (Wildman–Crippen LogP) is 2.28. The second-order valence-electron chi connectivity index (χ2n) is 7.03. The van der Waals surface area contributed by atoms with E-state index < -0.39 is 5.60 Å². The van der Waals surface area contributed by atoms with Crippen molar-refractivity contribution in [2.24, 2.45) is 0 Å². The van der Waals surface area contributed by atoms with Gasteiger partial charge in [-0.25, -0.2) is 0 Å². The summed E-state index contributed by atoms with van der Waals surface area (Å²) in [5.74, 6) is 1.02. The fourth-order valence-electron chi connectivity index (χ4n) is 3.86. The highest BCUT2D eigenvalue weighted by atomic mass is 16.5. The van der Waals surface area contributed by atoms with Gasteiger partial charge in [-0.15, -0.1) is 0 Å². The van der Waals surface area contributed by atoms with E-state index in [0.717, 1.165) is 31.8 Å². The van der Waals surface area contributed by atoms with Crippen LogP contribution in [0, 0.1) is 0 Å². The molecule has 0 amide bonds. The summed E-state index contributed by atoms with van der Waals surface area (Å²) in [5.41, 5.74) is 3.30. The van der Waals surface area contributed by atoms with Crippen molar-refractivity contribution >= 4 is 0 Å². The lowest BCUT2D eigenvalue weighted by Gasteiger charge is -2.25. The monoisotopic (exact) mass is 319 g/mol. The molecule has 0 spiro atoms. The van der Waals surface area contributed by atoms with Gasteiger partial charge in [0.15, 0.2) is 0 Å². The van der Waals surface area contributed by atoms with Gasteiger partial charge >= 0.3 is 0 Å². The molecule has 2 aliphatic rings. The van der Waals surface area contributed by atoms with Gasteiger partial charge in [-0.1, -0.05) is 6.07 Å². The van der Waals surface area contributed by atoms with Gasteiger partial charge in [0.05, 0.1) is 18.8 Å². The van der Waals surface area contributed by atoms with Crippen molar-refractivity contribution in [3.05, 3.63) is 28.8 Å². The molecule has 4 nitrogen and oxygen atoms in total. The lowest BCUT2D eigenvalue weighted by molar-refractivity contribution is -0.0255. The third-order valence-corrected chi connectivity index (χ3v) is 5.27. The van der Waals surface area contributed by atoms with E-state index in [4.69, 9.17) is 4.74 Å². The number of aryl methyl sites for hydroxylation is 2. The standard InChI is InChI=1S/C19H29NO3/c1-2-23-18-12-16-6-3-5-15(16)11-17(18)13-20-9-4-7-19(22,14-21)8-10-20/h11-12,21-22H,2-10,13-14H2,1H3/t19-/m0/s1. The molecule has 1 fully saturated rings. The molecule has 1 heterocycles. The molecule has 4 heteroatoms. The Labute approximate surface area is 139 Å². The second-order valence-corrected chi connectivity index (χ2v) is 7.03. The second kappa shape index (κ2) is 7.20. The molecular weight excluding hydrogens is 290 g/mol. The summed E-state index contributed by atoms with van der Waals surface area (Å²) in [7, 11) is 0. The molecule has 1 atom stereocenters. The number of hydrogen-bond acceptors (Lipinski definition) is 4. The zero-order valence-corrected chi connectivity index (χ0v) is 14.2. The van der Waals surface area contributed by atoms with Crippen molar-refractivity contribution in [2.75, 3.05) is 26.3 Å². The first-order chi connectivity index (χ1) is 11.1. The first-order valence-corrected chi connectivity index (χ1v) is 8.96. The maximum atomic E-state index is 10.3. The fourth-order valence-corrected chi connectivity index (χ4v) is 3.86. The summed E-state index contributed by atoms with van der Waals surface area (Å²) in [6.07, 6.45) is 5.84. The lowest BCUT2D eigenvalue weighted by Crippen LogP contribution is -2.34. The maximum Gasteiger partial charge on any atom is 0.124 e. The molecule has 1 aromatic carbocycles. The number of rotatable bonds is 5. The van der Waals surface area contributed by atoms with Gasteiger partial charge in [0, 0.05) is 18.7 Å². The van der Waals surface area contributed by atoms with Crippen LogP contribution in [0.5, 0.6) is 5.75 Å². The average molecular weight is 319 g/mol. The Morgan fingerprint density at radius 1 is 1.13 bits per heavy atom. The molecule has 3 rings (SSSR count). The van der Waals surface area contributed by atoms with Crippen LogP contribution in [0.25, 0.3) is 0 Å². The van der Waals surface area contributed by atoms with Gasteiger partial charge in [0.25, 0.3) is 0 Å². The van der Waals surface area contributed by atoms with E-state index in [-0.39, 0.29) is 6.61 Å². The number of hydrogen-bond donors (Lipinski definition) is 2. The van der Waals surface area contributed by atoms with E-state index in [1.807, 2.05) is 6.92 Å². The molecule has 0 bridgehead atoms. The van der Waals surface area contributed by atoms with Crippen LogP contribution in [-0.2, 0) is 19.4 Å². The predicted molar refractivity (Wildman–Crippen MR) is 90.8 cm³/mol. The summed E-state index contributed by atoms with van der Waals surface area (Å²) in [5, 5.41) is 19.7. The van der Waals surface area contributed by atoms with Crippen LogP contribution >= 0.6 is 0 Å². The van der Waals surface area contributed by atoms with Gasteiger partial charge in [-0.3, -0.25) is 4.90 Å². The van der Waals surface area contributed by atoms with Crippen LogP contribution in [0.3, 0.4) is 0 Å². The Bertz CT molecular complexity index is 546. The number of nitrogens with zero attached hydrogens (tertiary/aromatic N) is 1. The van der Waals surface area contributed by atoms with Gasteiger partial charge in [0.1, 0.15) is 5.75 Å². The molecule has 0 saturated carbocycles. The highest BCUT2D eigenvalue weighted by Crippen LogP contribution is 2.32. The quantitative estimate of drug-likeness (QED) is 0.874. The summed E-state index contributed by atoms with van der Waals surface area (Å²) in [6.45, 7) is 5.24. The molecule has 1 aliphatic carbocycles. The fraction of sp³-hybridized carbons (Fsp3) is 0.684. The zero-order chi connectivity index (χ0) is 16.3. The van der Waals surface area contributed by atoms with E-state index in [2.05, 4.69) is 17.0 Å². The highest BCUT2D eigenvalue weighted by molar-refractivity contribution is 5.44. The summed E-state index contributed by atoms with van der Waals surface area (Å²) in [4.78, 5) is 2.38. The van der Waals surface area contributed by atoms with Crippen molar-refractivity contribution in [3.8, 4) is 5.75 Å². The molecule has 1 aromatic rings. The SMILES string of the molecule is CCOc1cc2c(cc1CN1CCC[C@@](O)(CO)CC1)CCC2. The third-order valence-electron chi connectivity index (χ3n) is 5.27. The Kier molecular flexibility index (Phi) is 5.24. The van der Waals surface area contributed by atoms with Crippen LogP contribution in [0.2, 0.25) is 0 Å². The Morgan fingerprint density at radius 2 is 1.91 bits per heavy atom. The van der Waals surface area contributed by atoms with E-state index >= 15 is 0 Å². The first kappa shape index (κ1) is 16.7. The molecule has 128 valence electrons. The van der Waals surface area contributed by atoms with Crippen molar-refractivity contribution in [3.63, 3.8) is 0 Å². The number of ether oxygens (including phenoxy) is 1. The van der Waals surface area contributed by atoms with Crippen LogP contribution in [0.15, 0.2) is 12.1 Å². The number of likely N-dealkylation sites (tertiary alicyclic amines) is 1. The van der Waals surface area contributed by atoms with Gasteiger partial charge in [0.2, 0.25) is 0 Å². The zero-order valence-electron chi connectivity index (χ0n) is 14.2. The Morgan fingerprint density at radius 3 is 2.65 bits per heavy atom. The van der Waals surface area contributed by atoms with Crippen LogP contribution in [0.1, 0.15) is 49.3 Å². The minimum absolute atomic E-state index is 0.135. The molecular formula is C19H29NO3. The van der Waals surface area contributed by atoms with Gasteiger partial charge in [-0.2, -0.15) is 0 Å². The minimum Gasteiger partial charge on any atom is -0.494 e. The molecule has 0 radical (unpaired) electrons. The van der Waals surface area contributed by atoms with Crippen LogP contribution in [-0.4, -0.2) is 47.0 Å². The Hall–Kier alpha value is -1.10. The molecule has 0 aromatic heterocycles. The van der Waals surface area contributed by atoms with Crippen LogP contribution < -0.4 is 4.74 Å². The normalized spacial score (nSPS) is 25.2. The number of aliphatic hydroxyl groups excluding tert-OH is 1. The number of fused-ring (bicyclic) bond motifs is 1. The third kappa shape index (κ3) is 3.87. The van der Waals surface area contributed by atoms with E-state index in [0.29, 0.717) is 19.4 Å². The summed E-state index contributed by atoms with van der Waals surface area (Å²) in [6, 6.07) is 4.57. The van der Waals surface area contributed by atoms with E-state index in [1.54, 1.807) is 0 Å². The minimum atomic E-state index is -0.893. The summed E-state index contributed by atoms with van der Waals surface area (Å²) >= 11 is 0. The van der Waals surface area contributed by atoms with Crippen molar-refractivity contribution in [1.82, 2.24) is 4.90 Å². The van der Waals surface area contributed by atoms with E-state index in [1.165, 1.54) is 36.0 Å². The lowest BCUT2D eigenvalue weighted by atomic mass is 9.96. The molecule has 0 unspecified atom stereocenters. The first-order valence-electron chi connectivity index (χ1n) is 8.96. The summed E-state index contributed by atoms with van der Waals surface area (Å²) < 4.78 is 5.88. The average Bonchev–Trinajstić information content (AvgIpc) is 2.91. The number of benzene rings is 1. The molecule has 1 aliphatic heterocycles. The van der Waals surface area contributed by atoms with Crippen molar-refractivity contribution in [1.29, 1.82) is 0 Å². The van der Waals surface area contributed by atoms with Gasteiger partial charge in [-0.05, 0) is 69.2 Å². The maximum absolute atomic E-state index is 10.3. The smallest absolute Gasteiger partial charge is 0.124 e. The highest BCUT2D eigenvalue weighted by Gasteiger charge is 2.29. The molecule has 1 saturated heterocycles. The van der Waals surface area contributed by atoms with Gasteiger partial charge < -0.3 is 14.9 Å². The Balaban J connectivity index is 1.74. The number of aliphatic hydroxyl groups is 2. The van der Waals surface area contributed by atoms with Crippen LogP contribution in [0.4, 0.5) is 0 Å². The van der Waals surface area contributed by atoms with Crippen molar-refractivity contribution < 1.29 is 14.9 Å². The van der Waals surface area contributed by atoms with E-state index in [9.17, 15) is 10.2 Å². The van der Waals surface area contributed by atoms with Crippen molar-refractivity contribution in [2.45, 2.75) is 57.6 Å². The largest absolute Gasteiger partial charge is 0.494 e. The topological polar surface area (TPSA) is 52.9 Å². The molecule has 23 heavy (non-hydrogen) atoms. The molecule has 2 N–H and O–H groups in total.